The zero-order chi connectivity index (χ0) is 18.0. The van der Waals surface area contributed by atoms with Crippen LogP contribution in [0.1, 0.15) is 18.1 Å². The maximum atomic E-state index is 12.6. The molecule has 3 aromatic rings. The van der Waals surface area contributed by atoms with Gasteiger partial charge < -0.3 is 5.32 Å². The van der Waals surface area contributed by atoms with E-state index in [4.69, 9.17) is 0 Å². The monoisotopic (exact) mass is 399 g/mol. The van der Waals surface area contributed by atoms with Crippen molar-refractivity contribution in [1.82, 2.24) is 9.55 Å². The Hall–Kier alpha value is -2.47. The van der Waals surface area contributed by atoms with Gasteiger partial charge in [-0.25, -0.2) is 4.98 Å². The van der Waals surface area contributed by atoms with Crippen molar-refractivity contribution < 1.29 is 4.79 Å². The Labute approximate surface area is 153 Å². The van der Waals surface area contributed by atoms with E-state index in [1.54, 1.807) is 12.1 Å². The number of aromatic nitrogens is 2. The van der Waals surface area contributed by atoms with Gasteiger partial charge in [-0.05, 0) is 42.7 Å². The largest absolute Gasteiger partial charge is 0.324 e. The van der Waals surface area contributed by atoms with Crippen molar-refractivity contribution in [2.45, 2.75) is 26.8 Å². The number of anilines is 1. The molecular weight excluding hydrogens is 382 g/mol. The van der Waals surface area contributed by atoms with Crippen LogP contribution in [-0.4, -0.2) is 15.5 Å². The molecule has 128 valence electrons. The number of carbonyl (C=O) groups excluding carboxylic acids is 1. The average molecular weight is 400 g/mol. The van der Waals surface area contributed by atoms with E-state index in [-0.39, 0.29) is 18.0 Å². The van der Waals surface area contributed by atoms with Gasteiger partial charge in [0.25, 0.3) is 5.56 Å². The van der Waals surface area contributed by atoms with Gasteiger partial charge in [0.15, 0.2) is 0 Å². The second kappa shape index (κ2) is 7.19. The zero-order valence-electron chi connectivity index (χ0n) is 14.0. The lowest BCUT2D eigenvalue weighted by molar-refractivity contribution is -0.116. The maximum Gasteiger partial charge on any atom is 0.261 e. The van der Waals surface area contributed by atoms with Crippen molar-refractivity contribution in [3.63, 3.8) is 0 Å². The SMILES string of the molecule is CCc1cccc(C)c1NC(=O)Cn1cnc2ccc(Br)cc2c1=O. The third kappa shape index (κ3) is 3.64. The molecule has 0 saturated heterocycles. The molecule has 1 N–H and O–H groups in total. The molecule has 0 spiro atoms. The molecule has 6 heteroatoms. The van der Waals surface area contributed by atoms with E-state index < -0.39 is 0 Å². The summed E-state index contributed by atoms with van der Waals surface area (Å²) in [5.74, 6) is -0.248. The minimum absolute atomic E-state index is 0.0776. The first-order valence-electron chi connectivity index (χ1n) is 8.02. The number of nitrogens with zero attached hydrogens (tertiary/aromatic N) is 2. The predicted molar refractivity (Wildman–Crippen MR) is 103 cm³/mol. The van der Waals surface area contributed by atoms with Gasteiger partial charge in [0.1, 0.15) is 6.54 Å². The number of aryl methyl sites for hydroxylation is 2. The molecular formula is C19H18BrN3O2. The lowest BCUT2D eigenvalue weighted by Crippen LogP contribution is -2.28. The number of amides is 1. The summed E-state index contributed by atoms with van der Waals surface area (Å²) in [6.45, 7) is 3.92. The lowest BCUT2D eigenvalue weighted by atomic mass is 10.1. The molecule has 0 saturated carbocycles. The highest BCUT2D eigenvalue weighted by atomic mass is 79.9. The Kier molecular flexibility index (Phi) is 4.99. The van der Waals surface area contributed by atoms with Gasteiger partial charge in [-0.3, -0.25) is 14.2 Å². The van der Waals surface area contributed by atoms with Crippen molar-refractivity contribution in [2.24, 2.45) is 0 Å². The Morgan fingerprint density at radius 2 is 2.08 bits per heavy atom. The van der Waals surface area contributed by atoms with Crippen LogP contribution in [0.5, 0.6) is 0 Å². The number of benzene rings is 2. The van der Waals surface area contributed by atoms with Crippen LogP contribution < -0.4 is 10.9 Å². The summed E-state index contributed by atoms with van der Waals surface area (Å²) in [5.41, 5.74) is 3.26. The molecule has 1 aromatic heterocycles. The maximum absolute atomic E-state index is 12.6. The summed E-state index contributed by atoms with van der Waals surface area (Å²) < 4.78 is 2.13. The standard InChI is InChI=1S/C19H18BrN3O2/c1-3-13-6-4-5-12(2)18(13)22-17(24)10-23-11-21-16-8-7-14(20)9-15(16)19(23)25/h4-9,11H,3,10H2,1-2H3,(H,22,24). The van der Waals surface area contributed by atoms with Crippen molar-refractivity contribution in [2.75, 3.05) is 5.32 Å². The molecule has 0 radical (unpaired) electrons. The summed E-state index contributed by atoms with van der Waals surface area (Å²) in [7, 11) is 0. The minimum Gasteiger partial charge on any atom is -0.324 e. The van der Waals surface area contributed by atoms with Crippen LogP contribution in [0.3, 0.4) is 0 Å². The normalized spacial score (nSPS) is 10.8. The number of nitrogens with one attached hydrogen (secondary N) is 1. The number of hydrogen-bond acceptors (Lipinski definition) is 3. The Morgan fingerprint density at radius 1 is 1.28 bits per heavy atom. The average Bonchev–Trinajstić information content (AvgIpc) is 2.59. The second-order valence-corrected chi connectivity index (χ2v) is 6.77. The topological polar surface area (TPSA) is 64.0 Å². The summed E-state index contributed by atoms with van der Waals surface area (Å²) in [4.78, 5) is 29.3. The fourth-order valence-electron chi connectivity index (χ4n) is 2.78. The van der Waals surface area contributed by atoms with Crippen molar-refractivity contribution in [3.05, 3.63) is 68.7 Å². The summed E-state index contributed by atoms with van der Waals surface area (Å²) in [6.07, 6.45) is 2.24. The Bertz CT molecular complexity index is 1010. The van der Waals surface area contributed by atoms with E-state index in [9.17, 15) is 9.59 Å². The van der Waals surface area contributed by atoms with Gasteiger partial charge >= 0.3 is 0 Å². The molecule has 0 atom stereocenters. The van der Waals surface area contributed by atoms with Crippen molar-refractivity contribution in [3.8, 4) is 0 Å². The Balaban J connectivity index is 1.88. The summed E-state index contributed by atoms with van der Waals surface area (Å²) >= 11 is 3.35. The van der Waals surface area contributed by atoms with Gasteiger partial charge in [-0.15, -0.1) is 0 Å². The molecule has 0 aliphatic rings. The molecule has 0 unspecified atom stereocenters. The van der Waals surface area contributed by atoms with Gasteiger partial charge in [0.05, 0.1) is 17.2 Å². The van der Waals surface area contributed by atoms with Gasteiger partial charge in [-0.2, -0.15) is 0 Å². The van der Waals surface area contributed by atoms with E-state index in [1.807, 2.05) is 38.1 Å². The fourth-order valence-corrected chi connectivity index (χ4v) is 3.14. The molecule has 0 aliphatic heterocycles. The van der Waals surface area contributed by atoms with Crippen LogP contribution in [0, 0.1) is 6.92 Å². The molecule has 3 rings (SSSR count). The molecule has 0 bridgehead atoms. The van der Waals surface area contributed by atoms with Crippen LogP contribution in [0.2, 0.25) is 0 Å². The number of fused-ring (bicyclic) bond motifs is 1. The molecule has 1 heterocycles. The number of carbonyl (C=O) groups is 1. The minimum atomic E-state index is -0.248. The second-order valence-electron chi connectivity index (χ2n) is 5.85. The molecule has 2 aromatic carbocycles. The third-order valence-corrected chi connectivity index (χ3v) is 4.60. The number of hydrogen-bond donors (Lipinski definition) is 1. The van der Waals surface area contributed by atoms with Crippen LogP contribution in [-0.2, 0) is 17.8 Å². The van der Waals surface area contributed by atoms with Crippen molar-refractivity contribution >= 4 is 38.4 Å². The van der Waals surface area contributed by atoms with E-state index >= 15 is 0 Å². The van der Waals surface area contributed by atoms with Gasteiger partial charge in [0.2, 0.25) is 5.91 Å². The summed E-state index contributed by atoms with van der Waals surface area (Å²) in [6, 6.07) is 11.2. The first kappa shape index (κ1) is 17.4. The van der Waals surface area contributed by atoms with Gasteiger partial charge in [-0.1, -0.05) is 41.1 Å². The summed E-state index contributed by atoms with van der Waals surface area (Å²) in [5, 5.41) is 3.41. The van der Waals surface area contributed by atoms with Crippen LogP contribution in [0.15, 0.2) is 52.0 Å². The fraction of sp³-hybridized carbons (Fsp3) is 0.211. The van der Waals surface area contributed by atoms with E-state index in [2.05, 4.69) is 26.2 Å². The van der Waals surface area contributed by atoms with Crippen molar-refractivity contribution in [1.29, 1.82) is 0 Å². The highest BCUT2D eigenvalue weighted by Gasteiger charge is 2.11. The number of para-hydroxylation sites is 1. The van der Waals surface area contributed by atoms with Gasteiger partial charge in [0, 0.05) is 10.2 Å². The highest BCUT2D eigenvalue weighted by molar-refractivity contribution is 9.10. The van der Waals surface area contributed by atoms with Crippen LogP contribution in [0.4, 0.5) is 5.69 Å². The first-order valence-corrected chi connectivity index (χ1v) is 8.82. The molecule has 1 amide bonds. The zero-order valence-corrected chi connectivity index (χ0v) is 15.6. The first-order chi connectivity index (χ1) is 12.0. The molecule has 5 nitrogen and oxygen atoms in total. The highest BCUT2D eigenvalue weighted by Crippen LogP contribution is 2.21. The Morgan fingerprint density at radius 3 is 2.84 bits per heavy atom. The number of rotatable bonds is 4. The lowest BCUT2D eigenvalue weighted by Gasteiger charge is -2.13. The van der Waals surface area contributed by atoms with E-state index in [0.717, 1.165) is 27.7 Å². The molecule has 25 heavy (non-hydrogen) atoms. The predicted octanol–water partition coefficient (Wildman–Crippen LogP) is 3.67. The number of halogens is 1. The van der Waals surface area contributed by atoms with Crippen LogP contribution >= 0.6 is 15.9 Å². The smallest absolute Gasteiger partial charge is 0.261 e. The van der Waals surface area contributed by atoms with Crippen LogP contribution in [0.25, 0.3) is 10.9 Å². The van der Waals surface area contributed by atoms with E-state index in [1.165, 1.54) is 10.9 Å². The molecule has 0 aliphatic carbocycles. The third-order valence-electron chi connectivity index (χ3n) is 4.10. The quantitative estimate of drug-likeness (QED) is 0.727. The van der Waals surface area contributed by atoms with E-state index in [0.29, 0.717) is 10.9 Å². The molecule has 0 fully saturated rings.